The number of nitrogens with zero attached hydrogens (tertiary/aromatic N) is 2. The van der Waals surface area contributed by atoms with Gasteiger partial charge < -0.3 is 23.8 Å². The van der Waals surface area contributed by atoms with E-state index in [0.717, 1.165) is 0 Å². The van der Waals surface area contributed by atoms with Crippen LogP contribution < -0.4 is 9.64 Å². The fraction of sp³-hybridized carbons (Fsp3) is 0.185. The number of nitro groups is 1. The number of hydrogen-bond acceptors (Lipinski definition) is 9. The Balaban J connectivity index is 2.00. The lowest BCUT2D eigenvalue weighted by Gasteiger charge is -2.42. The van der Waals surface area contributed by atoms with Gasteiger partial charge >= 0.3 is 11.9 Å². The Hall–Kier alpha value is -4.70. The predicted molar refractivity (Wildman–Crippen MR) is 133 cm³/mol. The molecule has 1 aliphatic heterocycles. The molecule has 0 radical (unpaired) electrons. The van der Waals surface area contributed by atoms with Crippen LogP contribution in [0.25, 0.3) is 0 Å². The fourth-order valence-corrected chi connectivity index (χ4v) is 4.12. The normalized spacial score (nSPS) is 17.2. The Bertz CT molecular complexity index is 1320. The van der Waals surface area contributed by atoms with Gasteiger partial charge in [0.15, 0.2) is 6.23 Å². The van der Waals surface area contributed by atoms with Crippen LogP contribution in [-0.2, 0) is 23.8 Å². The summed E-state index contributed by atoms with van der Waals surface area (Å²) in [4.78, 5) is 38.7. The summed E-state index contributed by atoms with van der Waals surface area (Å²) in [6.07, 6.45) is -1.97. The van der Waals surface area contributed by atoms with Gasteiger partial charge in [0.05, 0.1) is 26.3 Å². The summed E-state index contributed by atoms with van der Waals surface area (Å²) in [6.45, 7) is 0. The van der Waals surface area contributed by atoms with Crippen LogP contribution in [0, 0.1) is 10.1 Å². The number of carbonyl (C=O) groups excluding carboxylic acids is 2. The first kappa shape index (κ1) is 25.4. The van der Waals surface area contributed by atoms with Gasteiger partial charge in [-0.05, 0) is 42.0 Å². The first-order valence-electron chi connectivity index (χ1n) is 11.2. The second-order valence-corrected chi connectivity index (χ2v) is 7.94. The van der Waals surface area contributed by atoms with E-state index in [1.54, 1.807) is 29.2 Å². The average Bonchev–Trinajstić information content (AvgIpc) is 2.95. The van der Waals surface area contributed by atoms with E-state index >= 15 is 0 Å². The Morgan fingerprint density at radius 3 is 2.00 bits per heavy atom. The second kappa shape index (κ2) is 10.9. The highest BCUT2D eigenvalue weighted by Gasteiger charge is 2.44. The Morgan fingerprint density at radius 2 is 1.46 bits per heavy atom. The highest BCUT2D eigenvalue weighted by atomic mass is 16.6. The van der Waals surface area contributed by atoms with Crippen molar-refractivity contribution in [2.24, 2.45) is 0 Å². The summed E-state index contributed by atoms with van der Waals surface area (Å²) in [5.74, 6) is -1.00. The first-order chi connectivity index (χ1) is 17.9. The third kappa shape index (κ3) is 5.00. The third-order valence-corrected chi connectivity index (χ3v) is 5.88. The molecular weight excluding hydrogens is 480 g/mol. The molecule has 2 atom stereocenters. The van der Waals surface area contributed by atoms with Crippen molar-refractivity contribution in [1.82, 2.24) is 0 Å². The highest BCUT2D eigenvalue weighted by molar-refractivity contribution is 6.04. The molecule has 10 heteroatoms. The number of nitro benzene ring substituents is 1. The molecule has 3 aromatic rings. The van der Waals surface area contributed by atoms with Gasteiger partial charge in [-0.2, -0.15) is 0 Å². The maximum absolute atomic E-state index is 13.3. The molecule has 0 saturated carbocycles. The minimum absolute atomic E-state index is 0.0806. The number of methoxy groups -OCH3 is 3. The molecule has 1 heterocycles. The van der Waals surface area contributed by atoms with Crippen LogP contribution in [0.5, 0.6) is 5.75 Å². The van der Waals surface area contributed by atoms with Crippen LogP contribution in [0.4, 0.5) is 11.4 Å². The third-order valence-electron chi connectivity index (χ3n) is 5.88. The molecule has 190 valence electrons. The molecule has 10 nitrogen and oxygen atoms in total. The maximum Gasteiger partial charge on any atom is 0.355 e. The Labute approximate surface area is 212 Å². The summed E-state index contributed by atoms with van der Waals surface area (Å²) in [5, 5.41) is 11.2. The summed E-state index contributed by atoms with van der Waals surface area (Å²) < 4.78 is 21.9. The smallest absolute Gasteiger partial charge is 0.355 e. The SMILES string of the molecule is COC(=O)C1=C(C(=O)OC)N(c2ccc(OC)cc2)[C@@H](c2ccccc2)O[C@H]1c1ccc([N+](=O)[O-])cc1. The van der Waals surface area contributed by atoms with E-state index in [-0.39, 0.29) is 17.0 Å². The predicted octanol–water partition coefficient (Wildman–Crippen LogP) is 4.48. The second-order valence-electron chi connectivity index (χ2n) is 7.94. The summed E-state index contributed by atoms with van der Waals surface area (Å²) >= 11 is 0. The molecule has 0 unspecified atom stereocenters. The minimum atomic E-state index is -1.10. The van der Waals surface area contributed by atoms with Crippen molar-refractivity contribution >= 4 is 23.3 Å². The van der Waals surface area contributed by atoms with E-state index in [0.29, 0.717) is 22.6 Å². The number of anilines is 1. The molecule has 4 rings (SSSR count). The molecule has 0 fully saturated rings. The number of rotatable bonds is 7. The zero-order valence-corrected chi connectivity index (χ0v) is 20.3. The minimum Gasteiger partial charge on any atom is -0.497 e. The van der Waals surface area contributed by atoms with Crippen molar-refractivity contribution < 1.29 is 33.5 Å². The molecule has 0 saturated heterocycles. The Kier molecular flexibility index (Phi) is 7.49. The quantitative estimate of drug-likeness (QED) is 0.261. The highest BCUT2D eigenvalue weighted by Crippen LogP contribution is 2.46. The van der Waals surface area contributed by atoms with Gasteiger partial charge in [-0.3, -0.25) is 10.1 Å². The van der Waals surface area contributed by atoms with Crippen molar-refractivity contribution in [3.8, 4) is 5.75 Å². The van der Waals surface area contributed by atoms with Gasteiger partial charge in [-0.1, -0.05) is 30.3 Å². The van der Waals surface area contributed by atoms with Crippen molar-refractivity contribution in [1.29, 1.82) is 0 Å². The van der Waals surface area contributed by atoms with Crippen molar-refractivity contribution in [3.63, 3.8) is 0 Å². The van der Waals surface area contributed by atoms with Crippen LogP contribution in [0.15, 0.2) is 90.1 Å². The molecule has 0 N–H and O–H groups in total. The lowest BCUT2D eigenvalue weighted by atomic mass is 9.95. The lowest BCUT2D eigenvalue weighted by molar-refractivity contribution is -0.384. The summed E-state index contributed by atoms with van der Waals surface area (Å²) in [7, 11) is 3.94. The first-order valence-corrected chi connectivity index (χ1v) is 11.2. The van der Waals surface area contributed by atoms with E-state index in [1.807, 2.05) is 30.3 Å². The summed E-state index contributed by atoms with van der Waals surface area (Å²) in [6, 6.07) is 21.6. The topological polar surface area (TPSA) is 117 Å². The molecule has 37 heavy (non-hydrogen) atoms. The summed E-state index contributed by atoms with van der Waals surface area (Å²) in [5.41, 5.74) is 1.32. The standard InChI is InChI=1S/C27H24N2O8/c1-34-21-15-13-19(14-16-21)28-23(27(31)36-3)22(26(30)35-2)24(17-9-11-20(12-10-17)29(32)33)37-25(28)18-7-5-4-6-8-18/h4-16,24-25H,1-3H3/t24-,25+/m0/s1. The van der Waals surface area contributed by atoms with Crippen LogP contribution in [0.2, 0.25) is 0 Å². The van der Waals surface area contributed by atoms with Gasteiger partial charge in [0.2, 0.25) is 0 Å². The molecule has 0 aromatic heterocycles. The van der Waals surface area contributed by atoms with Crippen LogP contribution in [0.3, 0.4) is 0 Å². The molecule has 1 aliphatic rings. The van der Waals surface area contributed by atoms with E-state index in [1.165, 1.54) is 45.6 Å². The number of ether oxygens (including phenoxy) is 4. The zero-order chi connectivity index (χ0) is 26.5. The molecule has 0 amide bonds. The van der Waals surface area contributed by atoms with Crippen molar-refractivity contribution in [3.05, 3.63) is 111 Å². The fourth-order valence-electron chi connectivity index (χ4n) is 4.12. The van der Waals surface area contributed by atoms with Crippen LogP contribution >= 0.6 is 0 Å². The van der Waals surface area contributed by atoms with E-state index in [9.17, 15) is 19.7 Å². The molecule has 0 aliphatic carbocycles. The van der Waals surface area contributed by atoms with E-state index < -0.39 is 29.2 Å². The molecule has 0 bridgehead atoms. The molecular formula is C27H24N2O8. The Morgan fingerprint density at radius 1 is 0.838 bits per heavy atom. The number of non-ortho nitro benzene ring substituents is 1. The van der Waals surface area contributed by atoms with Gasteiger partial charge in [-0.15, -0.1) is 0 Å². The van der Waals surface area contributed by atoms with Crippen LogP contribution in [-0.4, -0.2) is 38.2 Å². The van der Waals surface area contributed by atoms with Crippen LogP contribution in [0.1, 0.15) is 23.5 Å². The number of esters is 2. The van der Waals surface area contributed by atoms with Gasteiger partial charge in [0.1, 0.15) is 23.1 Å². The van der Waals surface area contributed by atoms with E-state index in [4.69, 9.17) is 18.9 Å². The average molecular weight is 504 g/mol. The van der Waals surface area contributed by atoms with Crippen molar-refractivity contribution in [2.75, 3.05) is 26.2 Å². The zero-order valence-electron chi connectivity index (χ0n) is 20.3. The van der Waals surface area contributed by atoms with E-state index in [2.05, 4.69) is 0 Å². The number of carbonyl (C=O) groups is 2. The lowest BCUT2D eigenvalue weighted by Crippen LogP contribution is -2.42. The van der Waals surface area contributed by atoms with Gasteiger partial charge in [-0.25, -0.2) is 9.59 Å². The maximum atomic E-state index is 13.3. The largest absolute Gasteiger partial charge is 0.497 e. The van der Waals surface area contributed by atoms with Gasteiger partial charge in [0.25, 0.3) is 5.69 Å². The van der Waals surface area contributed by atoms with Gasteiger partial charge in [0, 0.05) is 23.4 Å². The molecule has 0 spiro atoms. The molecule has 3 aromatic carbocycles. The number of benzene rings is 3. The van der Waals surface area contributed by atoms with Crippen molar-refractivity contribution in [2.45, 2.75) is 12.3 Å². The number of hydrogen-bond donors (Lipinski definition) is 0. The monoisotopic (exact) mass is 504 g/mol.